The molecule has 5 nitrogen and oxygen atoms in total. The second-order valence-electron chi connectivity index (χ2n) is 3.79. The van der Waals surface area contributed by atoms with Crippen LogP contribution in [0.15, 0.2) is 52.8 Å². The zero-order valence-corrected chi connectivity index (χ0v) is 10.6. The summed E-state index contributed by atoms with van der Waals surface area (Å²) in [6.07, 6.45) is 5.25. The number of nitrogens with two attached hydrogens (primary N) is 1. The molecular formula is C12H10FN5S. The van der Waals surface area contributed by atoms with Gasteiger partial charge in [0.25, 0.3) is 0 Å². The van der Waals surface area contributed by atoms with Crippen molar-refractivity contribution in [2.24, 2.45) is 5.84 Å². The Morgan fingerprint density at radius 3 is 2.79 bits per heavy atom. The van der Waals surface area contributed by atoms with E-state index in [-0.39, 0.29) is 5.82 Å². The van der Waals surface area contributed by atoms with Crippen LogP contribution >= 0.6 is 11.8 Å². The number of imidazole rings is 1. The van der Waals surface area contributed by atoms with Gasteiger partial charge in [0.15, 0.2) is 11.5 Å². The van der Waals surface area contributed by atoms with E-state index in [0.29, 0.717) is 10.8 Å². The van der Waals surface area contributed by atoms with Gasteiger partial charge in [-0.3, -0.25) is 0 Å². The maximum absolute atomic E-state index is 12.9. The van der Waals surface area contributed by atoms with Crippen molar-refractivity contribution in [3.8, 4) is 0 Å². The Labute approximate surface area is 112 Å². The van der Waals surface area contributed by atoms with Crippen LogP contribution in [0.1, 0.15) is 0 Å². The molecule has 3 N–H and O–H groups in total. The molecule has 0 atom stereocenters. The van der Waals surface area contributed by atoms with Gasteiger partial charge in [-0.15, -0.1) is 0 Å². The molecule has 0 amide bonds. The minimum atomic E-state index is -0.263. The van der Waals surface area contributed by atoms with E-state index in [2.05, 4.69) is 15.4 Å². The van der Waals surface area contributed by atoms with Crippen LogP contribution in [0.2, 0.25) is 0 Å². The van der Waals surface area contributed by atoms with Crippen molar-refractivity contribution in [1.82, 2.24) is 14.4 Å². The molecule has 3 rings (SSSR count). The maximum atomic E-state index is 12.9. The Bertz CT molecular complexity index is 710. The van der Waals surface area contributed by atoms with Crippen LogP contribution in [0.3, 0.4) is 0 Å². The molecular weight excluding hydrogens is 265 g/mol. The van der Waals surface area contributed by atoms with Crippen molar-refractivity contribution in [3.05, 3.63) is 48.7 Å². The van der Waals surface area contributed by atoms with Crippen LogP contribution < -0.4 is 11.3 Å². The third kappa shape index (κ3) is 2.38. The molecule has 0 aliphatic heterocycles. The van der Waals surface area contributed by atoms with Gasteiger partial charge in [-0.1, -0.05) is 11.8 Å². The Morgan fingerprint density at radius 1 is 1.26 bits per heavy atom. The minimum Gasteiger partial charge on any atom is -0.307 e. The van der Waals surface area contributed by atoms with Crippen molar-refractivity contribution >= 4 is 23.2 Å². The highest BCUT2D eigenvalue weighted by molar-refractivity contribution is 7.99. The lowest BCUT2D eigenvalue weighted by Gasteiger charge is -2.06. The van der Waals surface area contributed by atoms with Gasteiger partial charge >= 0.3 is 0 Å². The highest BCUT2D eigenvalue weighted by atomic mass is 32.2. The van der Waals surface area contributed by atoms with E-state index in [9.17, 15) is 4.39 Å². The van der Waals surface area contributed by atoms with Gasteiger partial charge in [-0.25, -0.2) is 20.2 Å². The first kappa shape index (κ1) is 11.9. The van der Waals surface area contributed by atoms with Gasteiger partial charge in [0.05, 0.1) is 6.20 Å². The molecule has 2 aromatic heterocycles. The van der Waals surface area contributed by atoms with E-state index in [1.165, 1.54) is 23.9 Å². The van der Waals surface area contributed by atoms with Crippen LogP contribution in [0, 0.1) is 5.82 Å². The van der Waals surface area contributed by atoms with Gasteiger partial charge in [0.1, 0.15) is 10.8 Å². The lowest BCUT2D eigenvalue weighted by Crippen LogP contribution is -2.10. The number of rotatable bonds is 3. The first-order valence-electron chi connectivity index (χ1n) is 5.50. The Balaban J connectivity index is 2.03. The summed E-state index contributed by atoms with van der Waals surface area (Å²) < 4.78 is 14.7. The number of hydrogen-bond donors (Lipinski definition) is 2. The number of aromatic nitrogens is 3. The third-order valence-electron chi connectivity index (χ3n) is 2.52. The van der Waals surface area contributed by atoms with Gasteiger partial charge in [0.2, 0.25) is 0 Å². The Morgan fingerprint density at radius 2 is 2.05 bits per heavy atom. The number of nitrogens with one attached hydrogen (secondary N) is 1. The summed E-state index contributed by atoms with van der Waals surface area (Å²) in [4.78, 5) is 9.49. The summed E-state index contributed by atoms with van der Waals surface area (Å²) in [5.41, 5.74) is 3.24. The number of benzene rings is 1. The van der Waals surface area contributed by atoms with Crippen molar-refractivity contribution in [2.45, 2.75) is 9.92 Å². The fourth-order valence-electron chi connectivity index (χ4n) is 1.66. The van der Waals surface area contributed by atoms with Crippen LogP contribution in [0.5, 0.6) is 0 Å². The molecule has 0 spiro atoms. The summed E-state index contributed by atoms with van der Waals surface area (Å²) >= 11 is 1.40. The monoisotopic (exact) mass is 275 g/mol. The fourth-order valence-corrected chi connectivity index (χ4v) is 2.54. The molecule has 3 aromatic rings. The minimum absolute atomic E-state index is 0.263. The van der Waals surface area contributed by atoms with Crippen LogP contribution in [0.25, 0.3) is 5.65 Å². The second-order valence-corrected chi connectivity index (χ2v) is 4.85. The summed E-state index contributed by atoms with van der Waals surface area (Å²) in [7, 11) is 0. The van der Waals surface area contributed by atoms with Crippen molar-refractivity contribution in [3.63, 3.8) is 0 Å². The number of halogens is 1. The molecule has 0 bridgehead atoms. The standard InChI is InChI=1S/C12H10FN5S/c13-8-1-3-9(4-2-8)19-12-11-15-5-6-18(11)7-10(16-12)17-14/h1-7,17H,14H2. The van der Waals surface area contributed by atoms with E-state index >= 15 is 0 Å². The highest BCUT2D eigenvalue weighted by Crippen LogP contribution is 2.29. The average Bonchev–Trinajstić information content (AvgIpc) is 2.89. The predicted octanol–water partition coefficient (Wildman–Crippen LogP) is 2.31. The molecule has 96 valence electrons. The third-order valence-corrected chi connectivity index (χ3v) is 3.49. The highest BCUT2D eigenvalue weighted by Gasteiger charge is 2.09. The number of fused-ring (bicyclic) bond motifs is 1. The van der Waals surface area contributed by atoms with E-state index in [1.807, 2.05) is 10.6 Å². The number of hydrazine groups is 1. The molecule has 0 aliphatic rings. The normalized spacial score (nSPS) is 10.8. The molecule has 0 saturated carbocycles. The van der Waals surface area contributed by atoms with Gasteiger partial charge < -0.3 is 9.83 Å². The number of hydrogen-bond acceptors (Lipinski definition) is 5. The largest absolute Gasteiger partial charge is 0.307 e. The van der Waals surface area contributed by atoms with Gasteiger partial charge in [-0.05, 0) is 24.3 Å². The molecule has 2 heterocycles. The maximum Gasteiger partial charge on any atom is 0.170 e. The second kappa shape index (κ2) is 4.87. The van der Waals surface area contributed by atoms with Gasteiger partial charge in [0, 0.05) is 17.3 Å². The van der Waals surface area contributed by atoms with Crippen LogP contribution in [0.4, 0.5) is 10.2 Å². The molecule has 0 radical (unpaired) electrons. The predicted molar refractivity (Wildman–Crippen MR) is 71.3 cm³/mol. The number of anilines is 1. The molecule has 0 aliphatic carbocycles. The summed E-state index contributed by atoms with van der Waals surface area (Å²) in [5, 5.41) is 0.701. The van der Waals surface area contributed by atoms with E-state index in [1.54, 1.807) is 24.5 Å². The van der Waals surface area contributed by atoms with Crippen LogP contribution in [-0.2, 0) is 0 Å². The van der Waals surface area contributed by atoms with E-state index in [4.69, 9.17) is 5.84 Å². The molecule has 0 fully saturated rings. The van der Waals surface area contributed by atoms with E-state index in [0.717, 1.165) is 10.5 Å². The molecule has 19 heavy (non-hydrogen) atoms. The lowest BCUT2D eigenvalue weighted by atomic mass is 10.4. The van der Waals surface area contributed by atoms with Crippen LogP contribution in [-0.4, -0.2) is 14.4 Å². The lowest BCUT2D eigenvalue weighted by molar-refractivity contribution is 0.626. The van der Waals surface area contributed by atoms with Gasteiger partial charge in [-0.2, -0.15) is 0 Å². The SMILES string of the molecule is NNc1cn2ccnc2c(Sc2ccc(F)cc2)n1. The molecule has 7 heteroatoms. The fraction of sp³-hybridized carbons (Fsp3) is 0. The zero-order chi connectivity index (χ0) is 13.2. The van der Waals surface area contributed by atoms with E-state index < -0.39 is 0 Å². The number of nitrogen functional groups attached to an aromatic ring is 1. The first-order valence-corrected chi connectivity index (χ1v) is 6.31. The molecule has 1 aromatic carbocycles. The first-order chi connectivity index (χ1) is 9.26. The smallest absolute Gasteiger partial charge is 0.170 e. The molecule has 0 saturated heterocycles. The Kier molecular flexibility index (Phi) is 3.06. The molecule has 0 unspecified atom stereocenters. The van der Waals surface area contributed by atoms with Crippen molar-refractivity contribution in [1.29, 1.82) is 0 Å². The topological polar surface area (TPSA) is 68.2 Å². The average molecular weight is 275 g/mol. The summed E-state index contributed by atoms with van der Waals surface area (Å²) in [6, 6.07) is 6.22. The zero-order valence-electron chi connectivity index (χ0n) is 9.75. The summed E-state index contributed by atoms with van der Waals surface area (Å²) in [6.45, 7) is 0. The van der Waals surface area contributed by atoms with Crippen molar-refractivity contribution < 1.29 is 4.39 Å². The summed E-state index contributed by atoms with van der Waals surface area (Å²) in [5.74, 6) is 5.66. The van der Waals surface area contributed by atoms with Crippen molar-refractivity contribution in [2.75, 3.05) is 5.43 Å². The quantitative estimate of drug-likeness (QED) is 0.567. The Hall–Kier alpha value is -2.12. The number of nitrogens with zero attached hydrogens (tertiary/aromatic N) is 3.